The number of nitrogens with one attached hydrogen (secondary N) is 1. The van der Waals surface area contributed by atoms with Gasteiger partial charge < -0.3 is 19.1 Å². The van der Waals surface area contributed by atoms with Gasteiger partial charge in [-0.2, -0.15) is 4.72 Å². The van der Waals surface area contributed by atoms with Crippen molar-refractivity contribution in [2.75, 3.05) is 40.1 Å². The molecule has 1 unspecified atom stereocenters. The molecule has 0 spiro atoms. The fourth-order valence-corrected chi connectivity index (χ4v) is 5.42. The van der Waals surface area contributed by atoms with Crippen molar-refractivity contribution in [2.45, 2.75) is 31.3 Å². The normalized spacial score (nSPS) is 17.1. The third-order valence-corrected chi connectivity index (χ3v) is 7.57. The summed E-state index contributed by atoms with van der Waals surface area (Å²) in [6.07, 6.45) is 0. The van der Waals surface area contributed by atoms with E-state index < -0.39 is 16.1 Å². The summed E-state index contributed by atoms with van der Waals surface area (Å²) < 4.78 is 44.4. The van der Waals surface area contributed by atoms with Crippen LogP contribution in [-0.2, 0) is 21.4 Å². The zero-order valence-electron chi connectivity index (χ0n) is 19.7. The molecule has 2 heterocycles. The average molecular weight is 490 g/mol. The maximum atomic E-state index is 13.3. The zero-order chi connectivity index (χ0) is 24.3. The second kappa shape index (κ2) is 10.2. The number of rotatable bonds is 8. The highest BCUT2D eigenvalue weighted by Crippen LogP contribution is 2.33. The Bertz CT molecular complexity index is 1110. The lowest BCUT2D eigenvalue weighted by Gasteiger charge is -2.37. The first-order valence-electron chi connectivity index (χ1n) is 11.3. The summed E-state index contributed by atoms with van der Waals surface area (Å²) in [5.41, 5.74) is 1.12. The number of hydrogen-bond acceptors (Lipinski definition) is 7. The first-order valence-corrected chi connectivity index (χ1v) is 12.8. The molecule has 0 aromatic heterocycles. The third-order valence-electron chi connectivity index (χ3n) is 6.11. The molecule has 1 saturated heterocycles. The zero-order valence-corrected chi connectivity index (χ0v) is 20.5. The van der Waals surface area contributed by atoms with Crippen LogP contribution < -0.4 is 18.9 Å². The Balaban J connectivity index is 1.36. The molecule has 2 aliphatic rings. The predicted octanol–water partition coefficient (Wildman–Crippen LogP) is 2.07. The highest BCUT2D eigenvalue weighted by Gasteiger charge is 2.33. The molecule has 34 heavy (non-hydrogen) atoms. The Morgan fingerprint density at radius 1 is 1.03 bits per heavy atom. The van der Waals surface area contributed by atoms with Crippen LogP contribution in [0.2, 0.25) is 0 Å². The van der Waals surface area contributed by atoms with Gasteiger partial charge in [0, 0.05) is 32.7 Å². The average Bonchev–Trinajstić information content (AvgIpc) is 3.30. The van der Waals surface area contributed by atoms with E-state index in [9.17, 15) is 13.2 Å². The number of methoxy groups -OCH3 is 1. The summed E-state index contributed by atoms with van der Waals surface area (Å²) in [4.78, 5) is 17.4. The van der Waals surface area contributed by atoms with Crippen LogP contribution in [0, 0.1) is 5.92 Å². The van der Waals surface area contributed by atoms with Crippen LogP contribution in [-0.4, -0.2) is 70.2 Å². The van der Waals surface area contributed by atoms with Gasteiger partial charge in [-0.3, -0.25) is 9.69 Å². The van der Waals surface area contributed by atoms with E-state index in [1.807, 2.05) is 32.0 Å². The summed E-state index contributed by atoms with van der Waals surface area (Å²) >= 11 is 0. The smallest absolute Gasteiger partial charge is 0.241 e. The Morgan fingerprint density at radius 3 is 2.35 bits per heavy atom. The van der Waals surface area contributed by atoms with Crippen LogP contribution in [0.5, 0.6) is 17.2 Å². The van der Waals surface area contributed by atoms with E-state index >= 15 is 0 Å². The number of carbonyl (C=O) groups excluding carboxylic acids is 1. The molecule has 4 rings (SSSR count). The monoisotopic (exact) mass is 489 g/mol. The number of piperazine rings is 1. The molecular formula is C24H31N3O6S. The molecule has 0 radical (unpaired) electrons. The molecule has 1 amide bonds. The largest absolute Gasteiger partial charge is 0.497 e. The van der Waals surface area contributed by atoms with E-state index in [-0.39, 0.29) is 23.5 Å². The quantitative estimate of drug-likeness (QED) is 0.606. The molecule has 0 aliphatic carbocycles. The maximum Gasteiger partial charge on any atom is 0.241 e. The molecule has 0 saturated carbocycles. The summed E-state index contributed by atoms with van der Waals surface area (Å²) in [7, 11) is -2.34. The summed E-state index contributed by atoms with van der Waals surface area (Å²) in [5, 5.41) is 0. The maximum absolute atomic E-state index is 13.3. The number of ether oxygens (including phenoxy) is 3. The summed E-state index contributed by atoms with van der Waals surface area (Å²) in [5.74, 6) is 1.68. The van der Waals surface area contributed by atoms with Crippen LogP contribution in [0.25, 0.3) is 0 Å². The first-order chi connectivity index (χ1) is 16.3. The van der Waals surface area contributed by atoms with E-state index in [4.69, 9.17) is 14.2 Å². The first kappa shape index (κ1) is 24.3. The number of benzene rings is 2. The minimum atomic E-state index is -3.86. The van der Waals surface area contributed by atoms with Crippen molar-refractivity contribution in [3.8, 4) is 17.2 Å². The predicted molar refractivity (Wildman–Crippen MR) is 126 cm³/mol. The third kappa shape index (κ3) is 5.45. The van der Waals surface area contributed by atoms with Gasteiger partial charge in [-0.05, 0) is 47.9 Å². The van der Waals surface area contributed by atoms with Gasteiger partial charge in [-0.1, -0.05) is 19.9 Å². The summed E-state index contributed by atoms with van der Waals surface area (Å²) in [6.45, 7) is 7.17. The van der Waals surface area contributed by atoms with Gasteiger partial charge in [-0.25, -0.2) is 8.42 Å². The summed E-state index contributed by atoms with van der Waals surface area (Å²) in [6, 6.07) is 11.2. The number of amides is 1. The molecule has 1 N–H and O–H groups in total. The molecule has 184 valence electrons. The highest BCUT2D eigenvalue weighted by atomic mass is 32.2. The Hall–Kier alpha value is -2.82. The second-order valence-corrected chi connectivity index (χ2v) is 10.5. The van der Waals surface area contributed by atoms with Crippen LogP contribution in [0.4, 0.5) is 0 Å². The van der Waals surface area contributed by atoms with Gasteiger partial charge in [0.05, 0.1) is 12.0 Å². The van der Waals surface area contributed by atoms with E-state index in [0.717, 1.165) is 23.6 Å². The van der Waals surface area contributed by atoms with Gasteiger partial charge in [0.2, 0.25) is 22.7 Å². The fourth-order valence-electron chi connectivity index (χ4n) is 4.08. The fraction of sp³-hybridized carbons (Fsp3) is 0.458. The minimum Gasteiger partial charge on any atom is -0.497 e. The molecule has 2 aromatic rings. The number of nitrogens with zero attached hydrogens (tertiary/aromatic N) is 2. The van der Waals surface area contributed by atoms with Crippen LogP contribution in [0.15, 0.2) is 47.4 Å². The topological polar surface area (TPSA) is 97.4 Å². The lowest BCUT2D eigenvalue weighted by atomic mass is 10.0. The standard InChI is InChI=1S/C24H31N3O6S/c1-17(2)23(25-34(29,30)20-7-5-19(31-3)6-8-20)24(28)27-12-10-26(11-13-27)15-18-4-9-21-22(14-18)33-16-32-21/h4-9,14,17,23,25H,10-13,15-16H2,1-3H3. The van der Waals surface area contributed by atoms with Crippen molar-refractivity contribution in [1.29, 1.82) is 0 Å². The Morgan fingerprint density at radius 2 is 1.71 bits per heavy atom. The highest BCUT2D eigenvalue weighted by molar-refractivity contribution is 7.89. The van der Waals surface area contributed by atoms with Gasteiger partial charge in [0.25, 0.3) is 0 Å². The van der Waals surface area contributed by atoms with Crippen LogP contribution in [0.1, 0.15) is 19.4 Å². The van der Waals surface area contributed by atoms with Gasteiger partial charge in [0.1, 0.15) is 11.8 Å². The van der Waals surface area contributed by atoms with E-state index in [0.29, 0.717) is 31.9 Å². The Labute approximate surface area is 200 Å². The number of carbonyl (C=O) groups is 1. The van der Waals surface area contributed by atoms with E-state index in [1.165, 1.54) is 19.2 Å². The van der Waals surface area contributed by atoms with Gasteiger partial charge in [0.15, 0.2) is 11.5 Å². The lowest BCUT2D eigenvalue weighted by Crippen LogP contribution is -2.56. The van der Waals surface area contributed by atoms with Crippen molar-refractivity contribution >= 4 is 15.9 Å². The molecule has 1 fully saturated rings. The molecule has 0 bridgehead atoms. The molecule has 9 nitrogen and oxygen atoms in total. The molecular weight excluding hydrogens is 458 g/mol. The lowest BCUT2D eigenvalue weighted by molar-refractivity contribution is -0.135. The number of fused-ring (bicyclic) bond motifs is 1. The van der Waals surface area contributed by atoms with Crippen molar-refractivity contribution in [3.05, 3.63) is 48.0 Å². The SMILES string of the molecule is COc1ccc(S(=O)(=O)NC(C(=O)N2CCN(Cc3ccc4c(c3)OCO4)CC2)C(C)C)cc1. The molecule has 2 aromatic carbocycles. The second-order valence-electron chi connectivity index (χ2n) is 8.81. The van der Waals surface area contributed by atoms with Crippen molar-refractivity contribution in [2.24, 2.45) is 5.92 Å². The van der Waals surface area contributed by atoms with E-state index in [2.05, 4.69) is 9.62 Å². The molecule has 10 heteroatoms. The number of hydrogen-bond donors (Lipinski definition) is 1. The van der Waals surface area contributed by atoms with Crippen molar-refractivity contribution in [1.82, 2.24) is 14.5 Å². The number of sulfonamides is 1. The van der Waals surface area contributed by atoms with Crippen LogP contribution in [0.3, 0.4) is 0 Å². The molecule has 1 atom stereocenters. The van der Waals surface area contributed by atoms with Crippen molar-refractivity contribution in [3.63, 3.8) is 0 Å². The minimum absolute atomic E-state index is 0.0975. The Kier molecular flexibility index (Phi) is 7.30. The van der Waals surface area contributed by atoms with Gasteiger partial charge >= 0.3 is 0 Å². The molecule has 2 aliphatic heterocycles. The van der Waals surface area contributed by atoms with Gasteiger partial charge in [-0.15, -0.1) is 0 Å². The van der Waals surface area contributed by atoms with Crippen LogP contribution >= 0.6 is 0 Å². The van der Waals surface area contributed by atoms with Crippen molar-refractivity contribution < 1.29 is 27.4 Å². The van der Waals surface area contributed by atoms with E-state index in [1.54, 1.807) is 17.0 Å².